The molecule has 0 N–H and O–H groups in total. The van der Waals surface area contributed by atoms with Crippen molar-refractivity contribution in [2.24, 2.45) is 23.2 Å². The molecule has 1 aliphatic rings. The lowest BCUT2D eigenvalue weighted by molar-refractivity contribution is -0.135. The smallest absolute Gasteiger partial charge is 0.133 e. The Morgan fingerprint density at radius 1 is 1.21 bits per heavy atom. The fraction of sp³-hybridized carbons (Fsp3) is 0.833. The third-order valence-corrected chi connectivity index (χ3v) is 3.61. The van der Waals surface area contributed by atoms with E-state index in [0.717, 1.165) is 31.8 Å². The lowest BCUT2D eigenvalue weighted by Crippen LogP contribution is -2.41. The first-order valence-electron chi connectivity index (χ1n) is 5.48. The molecule has 1 rings (SSSR count). The lowest BCUT2D eigenvalue weighted by atomic mass is 9.61. The highest BCUT2D eigenvalue weighted by atomic mass is 16.1. The Morgan fingerprint density at radius 2 is 1.79 bits per heavy atom. The molecule has 2 nitrogen and oxygen atoms in total. The van der Waals surface area contributed by atoms with E-state index < -0.39 is 5.41 Å². The van der Waals surface area contributed by atoms with Crippen molar-refractivity contribution in [1.29, 1.82) is 0 Å². The van der Waals surface area contributed by atoms with Crippen LogP contribution in [-0.2, 0) is 9.59 Å². The Labute approximate surface area is 86.1 Å². The molecule has 80 valence electrons. The van der Waals surface area contributed by atoms with Gasteiger partial charge in [0.15, 0.2) is 0 Å². The Bertz CT molecular complexity index is 212. The molecule has 0 aromatic carbocycles. The summed E-state index contributed by atoms with van der Waals surface area (Å²) in [6.07, 6.45) is 4.67. The van der Waals surface area contributed by atoms with E-state index in [1.54, 1.807) is 0 Å². The average Bonchev–Trinajstić information content (AvgIpc) is 2.16. The largest absolute Gasteiger partial charge is 0.302 e. The fourth-order valence-corrected chi connectivity index (χ4v) is 2.84. The zero-order chi connectivity index (χ0) is 10.8. The van der Waals surface area contributed by atoms with Crippen molar-refractivity contribution in [3.8, 4) is 0 Å². The minimum Gasteiger partial charge on any atom is -0.302 e. The molecule has 0 bridgehead atoms. The minimum atomic E-state index is -0.689. The van der Waals surface area contributed by atoms with E-state index in [1.807, 2.05) is 0 Å². The summed E-state index contributed by atoms with van der Waals surface area (Å²) in [7, 11) is 0. The summed E-state index contributed by atoms with van der Waals surface area (Å²) < 4.78 is 0. The Hall–Kier alpha value is -0.660. The summed E-state index contributed by atoms with van der Waals surface area (Å²) >= 11 is 0. The van der Waals surface area contributed by atoms with Gasteiger partial charge in [-0.05, 0) is 30.6 Å². The Morgan fingerprint density at radius 3 is 2.21 bits per heavy atom. The molecule has 0 aromatic rings. The maximum atomic E-state index is 11.1. The molecule has 2 atom stereocenters. The second-order valence-electron chi connectivity index (χ2n) is 5.09. The van der Waals surface area contributed by atoms with Crippen LogP contribution in [0.1, 0.15) is 40.0 Å². The molecule has 0 spiro atoms. The van der Waals surface area contributed by atoms with Crippen LogP contribution in [0.5, 0.6) is 0 Å². The van der Waals surface area contributed by atoms with E-state index in [9.17, 15) is 9.59 Å². The number of aldehydes is 2. The topological polar surface area (TPSA) is 34.1 Å². The van der Waals surface area contributed by atoms with Gasteiger partial charge in [0.1, 0.15) is 12.6 Å². The van der Waals surface area contributed by atoms with E-state index in [0.29, 0.717) is 11.8 Å². The average molecular weight is 196 g/mol. The van der Waals surface area contributed by atoms with Gasteiger partial charge in [-0.3, -0.25) is 0 Å². The van der Waals surface area contributed by atoms with Crippen LogP contribution in [0.3, 0.4) is 0 Å². The predicted octanol–water partition coefficient (Wildman–Crippen LogP) is 2.46. The molecular formula is C12H20O2. The monoisotopic (exact) mass is 196 g/mol. The van der Waals surface area contributed by atoms with E-state index in [4.69, 9.17) is 0 Å². The highest BCUT2D eigenvalue weighted by Gasteiger charge is 2.44. The second kappa shape index (κ2) is 4.24. The summed E-state index contributed by atoms with van der Waals surface area (Å²) in [6.45, 7) is 6.32. The molecule has 1 aliphatic carbocycles. The third-order valence-electron chi connectivity index (χ3n) is 3.61. The minimum absolute atomic E-state index is 0.244. The predicted molar refractivity (Wildman–Crippen MR) is 55.9 cm³/mol. The van der Waals surface area contributed by atoms with Crippen LogP contribution < -0.4 is 0 Å². The first-order chi connectivity index (χ1) is 6.55. The van der Waals surface area contributed by atoms with E-state index in [-0.39, 0.29) is 5.92 Å². The number of hydrogen-bond donors (Lipinski definition) is 0. The number of hydrogen-bond acceptors (Lipinski definition) is 2. The van der Waals surface area contributed by atoms with Crippen molar-refractivity contribution >= 4 is 12.6 Å². The number of rotatable bonds is 3. The molecule has 0 amide bonds. The first-order valence-corrected chi connectivity index (χ1v) is 5.48. The van der Waals surface area contributed by atoms with Gasteiger partial charge in [-0.25, -0.2) is 0 Å². The maximum absolute atomic E-state index is 11.1. The molecule has 0 aromatic heterocycles. The molecule has 0 heterocycles. The van der Waals surface area contributed by atoms with Crippen LogP contribution in [-0.4, -0.2) is 12.6 Å². The van der Waals surface area contributed by atoms with Crippen molar-refractivity contribution in [1.82, 2.24) is 0 Å². The molecule has 0 saturated heterocycles. The highest BCUT2D eigenvalue weighted by molar-refractivity contribution is 5.84. The standard InChI is InChI=1S/C12H20O2/c1-9(2)11-5-4-10(3)6-12(11,7-13)8-14/h7-11H,4-6H2,1-3H3/t10-,11+/m1/s1. The zero-order valence-electron chi connectivity index (χ0n) is 9.32. The van der Waals surface area contributed by atoms with Crippen LogP contribution in [0.25, 0.3) is 0 Å². The van der Waals surface area contributed by atoms with Crippen molar-refractivity contribution in [3.05, 3.63) is 0 Å². The molecule has 0 aliphatic heterocycles. The first kappa shape index (κ1) is 11.4. The van der Waals surface area contributed by atoms with E-state index in [1.165, 1.54) is 0 Å². The Kier molecular flexibility index (Phi) is 3.46. The van der Waals surface area contributed by atoms with Crippen molar-refractivity contribution < 1.29 is 9.59 Å². The van der Waals surface area contributed by atoms with Gasteiger partial charge in [0.25, 0.3) is 0 Å². The van der Waals surface area contributed by atoms with Gasteiger partial charge in [-0.1, -0.05) is 27.2 Å². The van der Waals surface area contributed by atoms with Gasteiger partial charge in [0.05, 0.1) is 5.41 Å². The van der Waals surface area contributed by atoms with Gasteiger partial charge in [0.2, 0.25) is 0 Å². The third kappa shape index (κ3) is 1.89. The van der Waals surface area contributed by atoms with Gasteiger partial charge in [0, 0.05) is 0 Å². The van der Waals surface area contributed by atoms with Crippen LogP contribution in [0.15, 0.2) is 0 Å². The summed E-state index contributed by atoms with van der Waals surface area (Å²) in [4.78, 5) is 22.3. The quantitative estimate of drug-likeness (QED) is 0.513. The van der Waals surface area contributed by atoms with E-state index >= 15 is 0 Å². The molecule has 1 fully saturated rings. The number of carbonyl (C=O) groups excluding carboxylic acids is 2. The molecule has 0 unspecified atom stereocenters. The van der Waals surface area contributed by atoms with Crippen LogP contribution >= 0.6 is 0 Å². The van der Waals surface area contributed by atoms with Crippen molar-refractivity contribution in [2.45, 2.75) is 40.0 Å². The summed E-state index contributed by atoms with van der Waals surface area (Å²) in [5.41, 5.74) is -0.689. The summed E-state index contributed by atoms with van der Waals surface area (Å²) in [6, 6.07) is 0. The molecular weight excluding hydrogens is 176 g/mol. The van der Waals surface area contributed by atoms with Crippen LogP contribution in [0.4, 0.5) is 0 Å². The van der Waals surface area contributed by atoms with Gasteiger partial charge >= 0.3 is 0 Å². The van der Waals surface area contributed by atoms with Gasteiger partial charge in [-0.2, -0.15) is 0 Å². The highest BCUT2D eigenvalue weighted by Crippen LogP contribution is 2.44. The molecule has 2 heteroatoms. The van der Waals surface area contributed by atoms with Crippen molar-refractivity contribution in [2.75, 3.05) is 0 Å². The van der Waals surface area contributed by atoms with Gasteiger partial charge < -0.3 is 9.59 Å². The van der Waals surface area contributed by atoms with Gasteiger partial charge in [-0.15, -0.1) is 0 Å². The van der Waals surface area contributed by atoms with E-state index in [2.05, 4.69) is 20.8 Å². The number of carbonyl (C=O) groups is 2. The lowest BCUT2D eigenvalue weighted by Gasteiger charge is -2.41. The van der Waals surface area contributed by atoms with Crippen LogP contribution in [0.2, 0.25) is 0 Å². The SMILES string of the molecule is CC(C)[C@@H]1CC[C@@H](C)CC1(C=O)C=O. The molecule has 1 saturated carbocycles. The summed E-state index contributed by atoms with van der Waals surface area (Å²) in [5, 5.41) is 0. The Balaban J connectivity index is 2.92. The second-order valence-corrected chi connectivity index (χ2v) is 5.09. The maximum Gasteiger partial charge on any atom is 0.133 e. The normalized spacial score (nSPS) is 31.4. The van der Waals surface area contributed by atoms with Crippen LogP contribution in [0, 0.1) is 23.2 Å². The molecule has 0 radical (unpaired) electrons. The summed E-state index contributed by atoms with van der Waals surface area (Å²) in [5.74, 6) is 1.16. The fourth-order valence-electron chi connectivity index (χ4n) is 2.84. The molecule has 14 heavy (non-hydrogen) atoms. The zero-order valence-corrected chi connectivity index (χ0v) is 9.32. The van der Waals surface area contributed by atoms with Crippen molar-refractivity contribution in [3.63, 3.8) is 0 Å².